The fourth-order valence-electron chi connectivity index (χ4n) is 3.92. The zero-order valence-electron chi connectivity index (χ0n) is 16.4. The molecule has 2 aromatic heterocycles. The fourth-order valence-corrected chi connectivity index (χ4v) is 4.51. The number of methoxy groups -OCH3 is 1. The minimum Gasteiger partial charge on any atom is -0.497 e. The monoisotopic (exact) mass is 399 g/mol. The molecule has 1 saturated carbocycles. The van der Waals surface area contributed by atoms with E-state index in [1.54, 1.807) is 7.11 Å². The molecular formula is C20H25N5O2S. The number of benzene rings is 1. The third kappa shape index (κ3) is 3.65. The molecule has 2 heterocycles. The van der Waals surface area contributed by atoms with Crippen LogP contribution in [-0.2, 0) is 11.8 Å². The first-order valence-corrected chi connectivity index (χ1v) is 10.6. The molecule has 1 N–H and O–H groups in total. The number of aryl methyl sites for hydroxylation is 1. The van der Waals surface area contributed by atoms with Crippen LogP contribution in [0.2, 0.25) is 0 Å². The SMILES string of the molecule is COc1ccc2c(c1)c1nnc(SCC(=O)N[C@H]3CCCC[C@H]3C)nc1n2C. The molecule has 2 atom stereocenters. The molecule has 0 aliphatic heterocycles. The summed E-state index contributed by atoms with van der Waals surface area (Å²) in [4.78, 5) is 17.0. The lowest BCUT2D eigenvalue weighted by molar-refractivity contribution is -0.119. The van der Waals surface area contributed by atoms with Crippen molar-refractivity contribution in [2.24, 2.45) is 13.0 Å². The van der Waals surface area contributed by atoms with Gasteiger partial charge in [0, 0.05) is 18.5 Å². The second-order valence-electron chi connectivity index (χ2n) is 7.43. The minimum absolute atomic E-state index is 0.0363. The van der Waals surface area contributed by atoms with E-state index in [4.69, 9.17) is 4.74 Å². The van der Waals surface area contributed by atoms with Crippen molar-refractivity contribution in [2.45, 2.75) is 43.8 Å². The van der Waals surface area contributed by atoms with Gasteiger partial charge in [-0.1, -0.05) is 31.5 Å². The number of aromatic nitrogens is 4. The summed E-state index contributed by atoms with van der Waals surface area (Å²) >= 11 is 1.32. The lowest BCUT2D eigenvalue weighted by Gasteiger charge is -2.29. The zero-order valence-corrected chi connectivity index (χ0v) is 17.3. The van der Waals surface area contributed by atoms with Gasteiger partial charge in [0.25, 0.3) is 0 Å². The topological polar surface area (TPSA) is 81.9 Å². The van der Waals surface area contributed by atoms with Crippen LogP contribution in [-0.4, -0.2) is 44.6 Å². The van der Waals surface area contributed by atoms with Crippen LogP contribution in [0.1, 0.15) is 32.6 Å². The molecule has 0 saturated heterocycles. The average Bonchev–Trinajstić information content (AvgIpc) is 2.99. The van der Waals surface area contributed by atoms with E-state index in [-0.39, 0.29) is 11.9 Å². The van der Waals surface area contributed by atoms with Crippen LogP contribution in [0.3, 0.4) is 0 Å². The third-order valence-electron chi connectivity index (χ3n) is 5.58. The molecule has 0 bridgehead atoms. The number of amides is 1. The van der Waals surface area contributed by atoms with Crippen molar-refractivity contribution in [1.82, 2.24) is 25.1 Å². The standard InChI is InChI=1S/C20H25N5O2S/c1-12-6-4-5-7-15(12)21-17(26)11-28-20-22-19-18(23-24-20)14-10-13(27-3)8-9-16(14)25(19)2/h8-10,12,15H,4-7,11H2,1-3H3,(H,21,26)/t12-,15+/m1/s1. The van der Waals surface area contributed by atoms with Crippen LogP contribution in [0.4, 0.5) is 0 Å². The van der Waals surface area contributed by atoms with E-state index in [2.05, 4.69) is 27.4 Å². The number of fused-ring (bicyclic) bond motifs is 3. The Morgan fingerprint density at radius 2 is 2.14 bits per heavy atom. The molecule has 1 aromatic carbocycles. The molecular weight excluding hydrogens is 374 g/mol. The number of hydrogen-bond acceptors (Lipinski definition) is 6. The van der Waals surface area contributed by atoms with Gasteiger partial charge in [-0.15, -0.1) is 10.2 Å². The molecule has 3 aromatic rings. The summed E-state index contributed by atoms with van der Waals surface area (Å²) in [5.74, 6) is 1.65. The van der Waals surface area contributed by atoms with Gasteiger partial charge in [0.1, 0.15) is 11.3 Å². The Morgan fingerprint density at radius 1 is 1.32 bits per heavy atom. The van der Waals surface area contributed by atoms with Crippen molar-refractivity contribution in [3.8, 4) is 5.75 Å². The summed E-state index contributed by atoms with van der Waals surface area (Å²) in [5, 5.41) is 13.2. The van der Waals surface area contributed by atoms with Gasteiger partial charge >= 0.3 is 0 Å². The molecule has 28 heavy (non-hydrogen) atoms. The predicted octanol–water partition coefficient (Wildman–Crippen LogP) is 3.31. The molecule has 0 unspecified atom stereocenters. The van der Waals surface area contributed by atoms with Crippen LogP contribution in [0.15, 0.2) is 23.4 Å². The summed E-state index contributed by atoms with van der Waals surface area (Å²) in [6.45, 7) is 2.22. The van der Waals surface area contributed by atoms with Crippen LogP contribution >= 0.6 is 11.8 Å². The highest BCUT2D eigenvalue weighted by atomic mass is 32.2. The first-order chi connectivity index (χ1) is 13.6. The average molecular weight is 400 g/mol. The minimum atomic E-state index is 0.0363. The molecule has 0 spiro atoms. The maximum atomic E-state index is 12.3. The smallest absolute Gasteiger partial charge is 0.230 e. The van der Waals surface area contributed by atoms with E-state index < -0.39 is 0 Å². The Morgan fingerprint density at radius 3 is 2.93 bits per heavy atom. The van der Waals surface area contributed by atoms with E-state index in [1.165, 1.54) is 31.0 Å². The first-order valence-electron chi connectivity index (χ1n) is 9.66. The highest BCUT2D eigenvalue weighted by Gasteiger charge is 2.23. The Balaban J connectivity index is 1.49. The molecule has 1 aliphatic rings. The molecule has 7 nitrogen and oxygen atoms in total. The Kier molecular flexibility index (Phi) is 5.39. The summed E-state index contributed by atoms with van der Waals surface area (Å²) in [6.07, 6.45) is 4.71. The summed E-state index contributed by atoms with van der Waals surface area (Å²) in [7, 11) is 3.60. The molecule has 4 rings (SSSR count). The maximum absolute atomic E-state index is 12.3. The Bertz CT molecular complexity index is 1020. The van der Waals surface area contributed by atoms with Gasteiger partial charge in [0.2, 0.25) is 11.1 Å². The molecule has 8 heteroatoms. The predicted molar refractivity (Wildman–Crippen MR) is 111 cm³/mol. The summed E-state index contributed by atoms with van der Waals surface area (Å²) in [6, 6.07) is 6.14. The Labute approximate surface area is 168 Å². The molecule has 1 aliphatic carbocycles. The van der Waals surface area contributed by atoms with Gasteiger partial charge in [-0.25, -0.2) is 4.98 Å². The van der Waals surface area contributed by atoms with Crippen molar-refractivity contribution < 1.29 is 9.53 Å². The van der Waals surface area contributed by atoms with Gasteiger partial charge in [-0.3, -0.25) is 4.79 Å². The van der Waals surface area contributed by atoms with Crippen LogP contribution < -0.4 is 10.1 Å². The first kappa shape index (κ1) is 19.0. The van der Waals surface area contributed by atoms with E-state index in [0.717, 1.165) is 34.2 Å². The number of nitrogens with one attached hydrogen (secondary N) is 1. The molecule has 0 radical (unpaired) electrons. The van der Waals surface area contributed by atoms with Gasteiger partial charge in [-0.2, -0.15) is 0 Å². The highest BCUT2D eigenvalue weighted by Crippen LogP contribution is 2.29. The van der Waals surface area contributed by atoms with E-state index >= 15 is 0 Å². The van der Waals surface area contributed by atoms with Gasteiger partial charge in [0.05, 0.1) is 18.4 Å². The van der Waals surface area contributed by atoms with Crippen molar-refractivity contribution in [1.29, 1.82) is 0 Å². The number of carbonyl (C=O) groups excluding carboxylic acids is 1. The maximum Gasteiger partial charge on any atom is 0.230 e. The lowest BCUT2D eigenvalue weighted by Crippen LogP contribution is -2.41. The van der Waals surface area contributed by atoms with Gasteiger partial charge in [-0.05, 0) is 37.0 Å². The third-order valence-corrected chi connectivity index (χ3v) is 6.41. The van der Waals surface area contributed by atoms with Crippen LogP contribution in [0.25, 0.3) is 22.1 Å². The van der Waals surface area contributed by atoms with Crippen molar-refractivity contribution >= 4 is 39.7 Å². The Hall–Kier alpha value is -2.35. The van der Waals surface area contributed by atoms with Crippen LogP contribution in [0.5, 0.6) is 5.75 Å². The number of thioether (sulfide) groups is 1. The molecule has 1 amide bonds. The molecule has 148 valence electrons. The number of hydrogen-bond donors (Lipinski definition) is 1. The summed E-state index contributed by atoms with van der Waals surface area (Å²) in [5.41, 5.74) is 2.51. The lowest BCUT2D eigenvalue weighted by atomic mass is 9.86. The van der Waals surface area contributed by atoms with Crippen molar-refractivity contribution in [3.05, 3.63) is 18.2 Å². The number of carbonyl (C=O) groups is 1. The second-order valence-corrected chi connectivity index (χ2v) is 8.38. The number of ether oxygens (including phenoxy) is 1. The fraction of sp³-hybridized carbons (Fsp3) is 0.500. The largest absolute Gasteiger partial charge is 0.497 e. The second kappa shape index (κ2) is 7.95. The highest BCUT2D eigenvalue weighted by molar-refractivity contribution is 7.99. The zero-order chi connectivity index (χ0) is 19.7. The normalized spacial score (nSPS) is 19.8. The van der Waals surface area contributed by atoms with Gasteiger partial charge in [0.15, 0.2) is 5.65 Å². The van der Waals surface area contributed by atoms with Crippen LogP contribution in [0, 0.1) is 5.92 Å². The number of nitrogens with zero attached hydrogens (tertiary/aromatic N) is 4. The quantitative estimate of drug-likeness (QED) is 0.663. The van der Waals surface area contributed by atoms with Crippen molar-refractivity contribution in [2.75, 3.05) is 12.9 Å². The van der Waals surface area contributed by atoms with E-state index in [1.807, 2.05) is 29.8 Å². The van der Waals surface area contributed by atoms with E-state index in [9.17, 15) is 4.79 Å². The number of rotatable bonds is 5. The molecule has 1 fully saturated rings. The van der Waals surface area contributed by atoms with Gasteiger partial charge < -0.3 is 14.6 Å². The van der Waals surface area contributed by atoms with Crippen molar-refractivity contribution in [3.63, 3.8) is 0 Å². The van der Waals surface area contributed by atoms with E-state index in [0.29, 0.717) is 16.8 Å². The summed E-state index contributed by atoms with van der Waals surface area (Å²) < 4.78 is 7.31.